The van der Waals surface area contributed by atoms with Gasteiger partial charge < -0.3 is 5.11 Å². The van der Waals surface area contributed by atoms with Gasteiger partial charge in [0, 0.05) is 12.2 Å². The zero-order valence-electron chi connectivity index (χ0n) is 11.9. The maximum Gasteiger partial charge on any atom is 0.138 e. The Morgan fingerprint density at radius 3 is 2.53 bits per heavy atom. The van der Waals surface area contributed by atoms with Crippen molar-refractivity contribution < 1.29 is 5.11 Å². The van der Waals surface area contributed by atoms with Crippen LogP contribution in [0.4, 0.5) is 0 Å². The van der Waals surface area contributed by atoms with Gasteiger partial charge in [-0.1, -0.05) is 12.8 Å². The van der Waals surface area contributed by atoms with E-state index in [0.717, 1.165) is 31.0 Å². The number of hydrogen-bond donors (Lipinski definition) is 1. The Balaban J connectivity index is 1.61. The zero-order chi connectivity index (χ0) is 13.3. The average molecular weight is 260 g/mol. The third-order valence-corrected chi connectivity index (χ3v) is 5.04. The average Bonchev–Trinajstić information content (AvgIpc) is 2.85. The summed E-state index contributed by atoms with van der Waals surface area (Å²) in [4.78, 5) is 6.91. The summed E-state index contributed by atoms with van der Waals surface area (Å²) in [6.07, 6.45) is 8.41. The molecule has 3 rings (SSSR count). The van der Waals surface area contributed by atoms with Gasteiger partial charge in [-0.15, -0.1) is 0 Å². The summed E-state index contributed by atoms with van der Waals surface area (Å²) in [6.45, 7) is 5.10. The molecule has 3 heteroatoms. The van der Waals surface area contributed by atoms with Crippen molar-refractivity contribution >= 4 is 0 Å². The quantitative estimate of drug-likeness (QED) is 0.886. The van der Waals surface area contributed by atoms with Crippen LogP contribution < -0.4 is 0 Å². The van der Waals surface area contributed by atoms with Crippen LogP contribution in [0.5, 0.6) is 5.75 Å². The lowest BCUT2D eigenvalue weighted by Gasteiger charge is -2.39. The maximum atomic E-state index is 9.88. The number of aryl methyl sites for hydroxylation is 1. The molecule has 1 saturated heterocycles. The molecule has 104 valence electrons. The molecule has 0 bridgehead atoms. The normalized spacial score (nSPS) is 23.0. The van der Waals surface area contributed by atoms with E-state index in [-0.39, 0.29) is 0 Å². The van der Waals surface area contributed by atoms with Gasteiger partial charge in [0.15, 0.2) is 0 Å². The lowest BCUT2D eigenvalue weighted by molar-refractivity contribution is 0.102. The second-order valence-corrected chi connectivity index (χ2v) is 6.40. The van der Waals surface area contributed by atoms with Gasteiger partial charge in [-0.3, -0.25) is 9.88 Å². The van der Waals surface area contributed by atoms with Crippen LogP contribution in [0.15, 0.2) is 12.1 Å². The molecule has 1 spiro atoms. The second kappa shape index (κ2) is 5.12. The van der Waals surface area contributed by atoms with Crippen molar-refractivity contribution in [2.75, 3.05) is 13.1 Å². The summed E-state index contributed by atoms with van der Waals surface area (Å²) in [5.74, 6) is 0.340. The van der Waals surface area contributed by atoms with Crippen molar-refractivity contribution in [3.05, 3.63) is 23.5 Å². The molecule has 1 aromatic heterocycles. The van der Waals surface area contributed by atoms with Crippen molar-refractivity contribution in [2.24, 2.45) is 5.41 Å². The lowest BCUT2D eigenvalue weighted by atomic mass is 9.77. The Kier molecular flexibility index (Phi) is 3.48. The van der Waals surface area contributed by atoms with E-state index < -0.39 is 0 Å². The molecule has 1 N–H and O–H groups in total. The van der Waals surface area contributed by atoms with Gasteiger partial charge in [0.05, 0.1) is 5.69 Å². The van der Waals surface area contributed by atoms with E-state index in [0.29, 0.717) is 11.2 Å². The van der Waals surface area contributed by atoms with E-state index >= 15 is 0 Å². The monoisotopic (exact) mass is 260 g/mol. The van der Waals surface area contributed by atoms with Gasteiger partial charge in [-0.25, -0.2) is 0 Å². The molecule has 0 radical (unpaired) electrons. The maximum absolute atomic E-state index is 9.88. The largest absolute Gasteiger partial charge is 0.506 e. The highest BCUT2D eigenvalue weighted by atomic mass is 16.3. The summed E-state index contributed by atoms with van der Waals surface area (Å²) < 4.78 is 0. The summed E-state index contributed by atoms with van der Waals surface area (Å²) in [5, 5.41) is 9.88. The standard InChI is InChI=1S/C16H24N2O/c1-13-4-5-15(19)14(17-13)12-18-10-8-16(9-11-18)6-2-3-7-16/h4-5,19H,2-3,6-12H2,1H3. The Morgan fingerprint density at radius 2 is 1.84 bits per heavy atom. The minimum atomic E-state index is 0.340. The first-order valence-electron chi connectivity index (χ1n) is 7.55. The molecular formula is C16H24N2O. The van der Waals surface area contributed by atoms with Crippen LogP contribution in [0.2, 0.25) is 0 Å². The van der Waals surface area contributed by atoms with Crippen molar-refractivity contribution in [1.82, 2.24) is 9.88 Å². The van der Waals surface area contributed by atoms with Gasteiger partial charge in [0.1, 0.15) is 5.75 Å². The highest BCUT2D eigenvalue weighted by Crippen LogP contribution is 2.46. The van der Waals surface area contributed by atoms with Crippen LogP contribution in [0.1, 0.15) is 49.9 Å². The predicted molar refractivity (Wildman–Crippen MR) is 76.1 cm³/mol. The molecule has 0 unspecified atom stereocenters. The van der Waals surface area contributed by atoms with Crippen molar-refractivity contribution in [3.63, 3.8) is 0 Å². The van der Waals surface area contributed by atoms with Crippen LogP contribution >= 0.6 is 0 Å². The van der Waals surface area contributed by atoms with Gasteiger partial charge >= 0.3 is 0 Å². The van der Waals surface area contributed by atoms with Crippen LogP contribution in [0, 0.1) is 12.3 Å². The molecule has 1 saturated carbocycles. The lowest BCUT2D eigenvalue weighted by Crippen LogP contribution is -2.38. The number of likely N-dealkylation sites (tertiary alicyclic amines) is 1. The Morgan fingerprint density at radius 1 is 1.16 bits per heavy atom. The number of nitrogens with zero attached hydrogens (tertiary/aromatic N) is 2. The van der Waals surface area contributed by atoms with E-state index in [4.69, 9.17) is 0 Å². The fraction of sp³-hybridized carbons (Fsp3) is 0.688. The van der Waals surface area contributed by atoms with Crippen molar-refractivity contribution in [2.45, 2.75) is 52.0 Å². The van der Waals surface area contributed by atoms with Gasteiger partial charge in [-0.05, 0) is 63.2 Å². The van der Waals surface area contributed by atoms with Crippen LogP contribution in [-0.4, -0.2) is 28.1 Å². The summed E-state index contributed by atoms with van der Waals surface area (Å²) in [7, 11) is 0. The number of piperidine rings is 1. The summed E-state index contributed by atoms with van der Waals surface area (Å²) in [6, 6.07) is 3.63. The van der Waals surface area contributed by atoms with E-state index in [2.05, 4.69) is 9.88 Å². The van der Waals surface area contributed by atoms with Gasteiger partial charge in [-0.2, -0.15) is 0 Å². The first-order valence-corrected chi connectivity index (χ1v) is 7.55. The third kappa shape index (κ3) is 2.76. The van der Waals surface area contributed by atoms with E-state index in [1.165, 1.54) is 38.5 Å². The minimum absolute atomic E-state index is 0.340. The molecule has 1 aliphatic carbocycles. The molecule has 19 heavy (non-hydrogen) atoms. The molecule has 1 aliphatic heterocycles. The van der Waals surface area contributed by atoms with Crippen LogP contribution in [-0.2, 0) is 6.54 Å². The third-order valence-electron chi connectivity index (χ3n) is 5.04. The van der Waals surface area contributed by atoms with E-state index in [9.17, 15) is 5.11 Å². The highest BCUT2D eigenvalue weighted by Gasteiger charge is 2.36. The number of rotatable bonds is 2. The molecule has 1 aromatic rings. The minimum Gasteiger partial charge on any atom is -0.506 e. The Labute approximate surface area is 115 Å². The molecule has 0 atom stereocenters. The van der Waals surface area contributed by atoms with E-state index in [1.54, 1.807) is 6.07 Å². The topological polar surface area (TPSA) is 36.4 Å². The number of aromatic nitrogens is 1. The summed E-state index contributed by atoms with van der Waals surface area (Å²) in [5.41, 5.74) is 2.48. The number of hydrogen-bond acceptors (Lipinski definition) is 3. The van der Waals surface area contributed by atoms with Crippen molar-refractivity contribution in [3.8, 4) is 5.75 Å². The second-order valence-electron chi connectivity index (χ2n) is 6.40. The Bertz CT molecular complexity index is 442. The zero-order valence-corrected chi connectivity index (χ0v) is 11.9. The molecule has 0 amide bonds. The molecule has 2 aliphatic rings. The summed E-state index contributed by atoms with van der Waals surface area (Å²) >= 11 is 0. The van der Waals surface area contributed by atoms with Crippen LogP contribution in [0.25, 0.3) is 0 Å². The molecule has 2 fully saturated rings. The van der Waals surface area contributed by atoms with Gasteiger partial charge in [0.2, 0.25) is 0 Å². The molecule has 0 aromatic carbocycles. The smallest absolute Gasteiger partial charge is 0.138 e. The fourth-order valence-corrected chi connectivity index (χ4v) is 3.74. The SMILES string of the molecule is Cc1ccc(O)c(CN2CCC3(CCCC3)CC2)n1. The highest BCUT2D eigenvalue weighted by molar-refractivity contribution is 5.27. The fourth-order valence-electron chi connectivity index (χ4n) is 3.74. The number of pyridine rings is 1. The number of aromatic hydroxyl groups is 1. The molecule has 2 heterocycles. The first-order chi connectivity index (χ1) is 9.17. The van der Waals surface area contributed by atoms with Crippen molar-refractivity contribution in [1.29, 1.82) is 0 Å². The van der Waals surface area contributed by atoms with Gasteiger partial charge in [0.25, 0.3) is 0 Å². The molecule has 3 nitrogen and oxygen atoms in total. The van der Waals surface area contributed by atoms with Crippen LogP contribution in [0.3, 0.4) is 0 Å². The van der Waals surface area contributed by atoms with E-state index in [1.807, 2.05) is 13.0 Å². The molecular weight excluding hydrogens is 236 g/mol. The first kappa shape index (κ1) is 12.9. The Hall–Kier alpha value is -1.09. The predicted octanol–water partition coefficient (Wildman–Crippen LogP) is 3.25.